The minimum Gasteiger partial charge on any atom is -0.392 e. The van der Waals surface area contributed by atoms with Crippen LogP contribution in [0.3, 0.4) is 0 Å². The number of rotatable bonds is 2. The average molecular weight is 294 g/mol. The maximum absolute atomic E-state index is 13.8. The molecule has 3 rings (SSSR count). The van der Waals surface area contributed by atoms with Gasteiger partial charge in [0.2, 0.25) is 5.91 Å². The maximum atomic E-state index is 13.8. The highest BCUT2D eigenvalue weighted by Gasteiger charge is 2.34. The van der Waals surface area contributed by atoms with Crippen LogP contribution in [0.15, 0.2) is 24.3 Å². The monoisotopic (exact) mass is 294 g/mol. The van der Waals surface area contributed by atoms with E-state index in [9.17, 15) is 14.3 Å². The Labute approximate surface area is 122 Å². The Morgan fingerprint density at radius 1 is 1.43 bits per heavy atom. The van der Waals surface area contributed by atoms with Crippen LogP contribution in [-0.2, 0) is 9.53 Å². The van der Waals surface area contributed by atoms with Crippen LogP contribution >= 0.6 is 0 Å². The lowest BCUT2D eigenvalue weighted by Crippen LogP contribution is -2.49. The fourth-order valence-electron chi connectivity index (χ4n) is 2.90. The highest BCUT2D eigenvalue weighted by molar-refractivity contribution is 5.82. The van der Waals surface area contributed by atoms with Crippen molar-refractivity contribution in [1.29, 1.82) is 0 Å². The SMILES string of the molecule is O=C(C1CC(O)CN1)N1CCOC(c2ccccc2F)C1. The molecule has 0 bridgehead atoms. The average Bonchev–Trinajstić information content (AvgIpc) is 2.94. The van der Waals surface area contributed by atoms with Crippen molar-refractivity contribution in [3.05, 3.63) is 35.6 Å². The number of ether oxygens (including phenoxy) is 1. The molecule has 1 aromatic rings. The molecule has 0 aromatic heterocycles. The lowest BCUT2D eigenvalue weighted by atomic mass is 10.1. The molecule has 3 atom stereocenters. The number of carbonyl (C=O) groups is 1. The molecule has 2 N–H and O–H groups in total. The van der Waals surface area contributed by atoms with Gasteiger partial charge < -0.3 is 20.1 Å². The standard InChI is InChI=1S/C15H19FN2O3/c16-12-4-2-1-3-11(12)14-9-18(5-6-21-14)15(20)13-7-10(19)8-17-13/h1-4,10,13-14,17,19H,5-9H2. The number of nitrogens with one attached hydrogen (secondary N) is 1. The van der Waals surface area contributed by atoms with Crippen molar-refractivity contribution in [1.82, 2.24) is 10.2 Å². The van der Waals surface area contributed by atoms with Crippen LogP contribution in [0.5, 0.6) is 0 Å². The van der Waals surface area contributed by atoms with Crippen LogP contribution in [0.4, 0.5) is 4.39 Å². The molecule has 1 aromatic carbocycles. The zero-order valence-corrected chi connectivity index (χ0v) is 11.7. The first kappa shape index (κ1) is 14.4. The molecule has 2 aliphatic heterocycles. The maximum Gasteiger partial charge on any atom is 0.239 e. The Morgan fingerprint density at radius 3 is 2.95 bits per heavy atom. The predicted octanol–water partition coefficient (Wildman–Crippen LogP) is 0.448. The summed E-state index contributed by atoms with van der Waals surface area (Å²) in [4.78, 5) is 14.1. The number of amides is 1. The van der Waals surface area contributed by atoms with Gasteiger partial charge in [-0.2, -0.15) is 0 Å². The molecule has 0 saturated carbocycles. The number of aliphatic hydroxyl groups is 1. The number of β-amino-alcohol motifs (C(OH)–C–C–N with tert-alkyl or cyclic N) is 1. The highest BCUT2D eigenvalue weighted by Crippen LogP contribution is 2.25. The number of aliphatic hydroxyl groups excluding tert-OH is 1. The molecule has 0 radical (unpaired) electrons. The summed E-state index contributed by atoms with van der Waals surface area (Å²) in [6.45, 7) is 1.67. The van der Waals surface area contributed by atoms with Gasteiger partial charge in [-0.15, -0.1) is 0 Å². The molecule has 5 nitrogen and oxygen atoms in total. The van der Waals surface area contributed by atoms with Crippen LogP contribution in [0.1, 0.15) is 18.1 Å². The first-order valence-corrected chi connectivity index (χ1v) is 7.21. The van der Waals surface area contributed by atoms with E-state index >= 15 is 0 Å². The molecular weight excluding hydrogens is 275 g/mol. The number of halogens is 1. The van der Waals surface area contributed by atoms with E-state index in [4.69, 9.17) is 4.74 Å². The molecule has 2 heterocycles. The zero-order chi connectivity index (χ0) is 14.8. The minimum absolute atomic E-state index is 0.0452. The van der Waals surface area contributed by atoms with Crippen LogP contribution in [-0.4, -0.2) is 54.3 Å². The van der Waals surface area contributed by atoms with Crippen molar-refractivity contribution in [3.8, 4) is 0 Å². The minimum atomic E-state index is -0.470. The van der Waals surface area contributed by atoms with Crippen molar-refractivity contribution in [3.63, 3.8) is 0 Å². The largest absolute Gasteiger partial charge is 0.392 e. The van der Waals surface area contributed by atoms with Gasteiger partial charge in [-0.25, -0.2) is 4.39 Å². The van der Waals surface area contributed by atoms with E-state index in [0.29, 0.717) is 38.2 Å². The fourth-order valence-corrected chi connectivity index (χ4v) is 2.90. The summed E-state index contributed by atoms with van der Waals surface area (Å²) < 4.78 is 19.4. The molecule has 114 valence electrons. The topological polar surface area (TPSA) is 61.8 Å². The molecular formula is C15H19FN2O3. The third-order valence-corrected chi connectivity index (χ3v) is 4.04. The van der Waals surface area contributed by atoms with Crippen LogP contribution < -0.4 is 5.32 Å². The molecule has 3 unspecified atom stereocenters. The molecule has 6 heteroatoms. The Hall–Kier alpha value is -1.50. The van der Waals surface area contributed by atoms with Crippen LogP contribution in [0, 0.1) is 5.82 Å². The van der Waals surface area contributed by atoms with Crippen molar-refractivity contribution in [2.75, 3.05) is 26.2 Å². The number of morpholine rings is 1. The van der Waals surface area contributed by atoms with Gasteiger partial charge in [0.1, 0.15) is 11.9 Å². The molecule has 21 heavy (non-hydrogen) atoms. The molecule has 0 aliphatic carbocycles. The Morgan fingerprint density at radius 2 is 2.24 bits per heavy atom. The number of hydrogen-bond donors (Lipinski definition) is 2. The highest BCUT2D eigenvalue weighted by atomic mass is 19.1. The van der Waals surface area contributed by atoms with Gasteiger partial charge in [0.05, 0.1) is 25.3 Å². The van der Waals surface area contributed by atoms with Gasteiger partial charge >= 0.3 is 0 Å². The normalized spacial score (nSPS) is 29.6. The molecule has 2 fully saturated rings. The van der Waals surface area contributed by atoms with Gasteiger partial charge in [0, 0.05) is 18.7 Å². The summed E-state index contributed by atoms with van der Waals surface area (Å²) in [5, 5.41) is 12.5. The van der Waals surface area contributed by atoms with Crippen molar-refractivity contribution >= 4 is 5.91 Å². The number of nitrogens with zero attached hydrogens (tertiary/aromatic N) is 1. The Bertz CT molecular complexity index is 525. The first-order valence-electron chi connectivity index (χ1n) is 7.21. The van der Waals surface area contributed by atoms with E-state index in [1.54, 1.807) is 23.1 Å². The Kier molecular flexibility index (Phi) is 4.19. The zero-order valence-electron chi connectivity index (χ0n) is 11.7. The second kappa shape index (κ2) is 6.09. The van der Waals surface area contributed by atoms with Crippen LogP contribution in [0.25, 0.3) is 0 Å². The lowest BCUT2D eigenvalue weighted by molar-refractivity contribution is -0.141. The summed E-state index contributed by atoms with van der Waals surface area (Å²) in [5.41, 5.74) is 0.481. The molecule has 0 spiro atoms. The van der Waals surface area contributed by atoms with E-state index in [2.05, 4.69) is 5.32 Å². The van der Waals surface area contributed by atoms with E-state index in [1.165, 1.54) is 6.07 Å². The molecule has 2 aliphatic rings. The summed E-state index contributed by atoms with van der Waals surface area (Å²) in [6.07, 6.45) is -0.474. The fraction of sp³-hybridized carbons (Fsp3) is 0.533. The Balaban J connectivity index is 1.68. The second-order valence-corrected chi connectivity index (χ2v) is 5.52. The van der Waals surface area contributed by atoms with Gasteiger partial charge in [-0.3, -0.25) is 4.79 Å². The van der Waals surface area contributed by atoms with Crippen molar-refractivity contribution in [2.24, 2.45) is 0 Å². The summed E-state index contributed by atoms with van der Waals surface area (Å²) in [5.74, 6) is -0.359. The van der Waals surface area contributed by atoms with Gasteiger partial charge in [-0.1, -0.05) is 18.2 Å². The first-order chi connectivity index (χ1) is 10.1. The third-order valence-electron chi connectivity index (χ3n) is 4.04. The van der Waals surface area contributed by atoms with Crippen LogP contribution in [0.2, 0.25) is 0 Å². The number of carbonyl (C=O) groups excluding carboxylic acids is 1. The number of benzene rings is 1. The van der Waals surface area contributed by atoms with Gasteiger partial charge in [-0.05, 0) is 12.5 Å². The van der Waals surface area contributed by atoms with E-state index in [-0.39, 0.29) is 17.8 Å². The smallest absolute Gasteiger partial charge is 0.239 e. The van der Waals surface area contributed by atoms with E-state index < -0.39 is 12.2 Å². The lowest BCUT2D eigenvalue weighted by Gasteiger charge is -2.34. The number of hydrogen-bond acceptors (Lipinski definition) is 4. The van der Waals surface area contributed by atoms with Crippen molar-refractivity contribution < 1.29 is 19.0 Å². The summed E-state index contributed by atoms with van der Waals surface area (Å²) >= 11 is 0. The quantitative estimate of drug-likeness (QED) is 0.831. The predicted molar refractivity (Wildman–Crippen MR) is 74.1 cm³/mol. The second-order valence-electron chi connectivity index (χ2n) is 5.52. The third kappa shape index (κ3) is 3.07. The summed E-state index contributed by atoms with van der Waals surface area (Å²) in [7, 11) is 0. The van der Waals surface area contributed by atoms with Crippen molar-refractivity contribution in [2.45, 2.75) is 24.7 Å². The van der Waals surface area contributed by atoms with E-state index in [1.807, 2.05) is 0 Å². The molecule has 2 saturated heterocycles. The van der Waals surface area contributed by atoms with Gasteiger partial charge in [0.25, 0.3) is 0 Å². The molecule has 1 amide bonds. The van der Waals surface area contributed by atoms with E-state index in [0.717, 1.165) is 0 Å². The summed E-state index contributed by atoms with van der Waals surface area (Å²) in [6, 6.07) is 6.13. The van der Waals surface area contributed by atoms with Gasteiger partial charge in [0.15, 0.2) is 0 Å².